The Labute approximate surface area is 124 Å². The highest BCUT2D eigenvalue weighted by Crippen LogP contribution is 2.29. The zero-order chi connectivity index (χ0) is 15.9. The van der Waals surface area contributed by atoms with Crippen LogP contribution in [0.3, 0.4) is 0 Å². The van der Waals surface area contributed by atoms with Crippen molar-refractivity contribution >= 4 is 11.0 Å². The van der Waals surface area contributed by atoms with E-state index in [-0.39, 0.29) is 27.9 Å². The van der Waals surface area contributed by atoms with E-state index >= 15 is 0 Å². The number of benzene rings is 2. The smallest absolute Gasteiger partial charge is 0.200 e. The lowest BCUT2D eigenvalue weighted by Gasteiger charge is -2.12. The molecule has 1 unspecified atom stereocenters. The predicted molar refractivity (Wildman–Crippen MR) is 78.5 cm³/mol. The summed E-state index contributed by atoms with van der Waals surface area (Å²) in [7, 11) is 0. The van der Waals surface area contributed by atoms with Crippen LogP contribution < -0.4 is 5.43 Å². The van der Waals surface area contributed by atoms with Crippen molar-refractivity contribution in [1.29, 1.82) is 0 Å². The maximum absolute atomic E-state index is 13.4. The van der Waals surface area contributed by atoms with Gasteiger partial charge in [-0.25, -0.2) is 8.78 Å². The highest BCUT2D eigenvalue weighted by atomic mass is 19.1. The maximum Gasteiger partial charge on any atom is 0.200 e. The van der Waals surface area contributed by atoms with Gasteiger partial charge >= 0.3 is 0 Å². The van der Waals surface area contributed by atoms with E-state index in [1.807, 2.05) is 0 Å². The lowest BCUT2D eigenvalue weighted by molar-refractivity contribution is 0.171. The average Bonchev–Trinajstić information content (AvgIpc) is 2.47. The number of rotatable bonds is 2. The number of fused-ring (bicyclic) bond motifs is 1. The van der Waals surface area contributed by atoms with Gasteiger partial charge in [0.1, 0.15) is 29.1 Å². The first kappa shape index (κ1) is 14.4. The Morgan fingerprint density at radius 2 is 1.82 bits per heavy atom. The molecular weight excluding hydrogens is 290 g/mol. The number of halogens is 2. The second-order valence-corrected chi connectivity index (χ2v) is 5.00. The molecule has 3 rings (SSSR count). The van der Waals surface area contributed by atoms with Crippen LogP contribution in [0.4, 0.5) is 8.78 Å². The lowest BCUT2D eigenvalue weighted by Crippen LogP contribution is -2.11. The third-order valence-electron chi connectivity index (χ3n) is 3.37. The molecule has 1 atom stereocenters. The van der Waals surface area contributed by atoms with Gasteiger partial charge in [-0.3, -0.25) is 4.79 Å². The molecule has 0 bridgehead atoms. The molecule has 3 aromatic rings. The highest BCUT2D eigenvalue weighted by Gasteiger charge is 2.20. The minimum absolute atomic E-state index is 0.0229. The fourth-order valence-electron chi connectivity index (χ4n) is 2.40. The van der Waals surface area contributed by atoms with Crippen LogP contribution in [0.15, 0.2) is 51.7 Å². The summed E-state index contributed by atoms with van der Waals surface area (Å²) in [5.41, 5.74) is -0.0342. The van der Waals surface area contributed by atoms with E-state index < -0.39 is 23.2 Å². The zero-order valence-corrected chi connectivity index (χ0v) is 11.6. The standard InChI is InChI=1S/C17H12F2O3/c1-9(20)17-15(10-3-2-4-11(18)7-10)16(21)13-8-12(19)5-6-14(13)22-17/h2-9,20H,1H3. The Morgan fingerprint density at radius 1 is 1.09 bits per heavy atom. The van der Waals surface area contributed by atoms with Crippen molar-refractivity contribution in [3.05, 3.63) is 70.1 Å². The molecule has 0 spiro atoms. The van der Waals surface area contributed by atoms with Gasteiger partial charge < -0.3 is 9.52 Å². The number of hydrogen-bond acceptors (Lipinski definition) is 3. The summed E-state index contributed by atoms with van der Waals surface area (Å²) in [4.78, 5) is 12.7. The van der Waals surface area contributed by atoms with Crippen LogP contribution >= 0.6 is 0 Å². The Morgan fingerprint density at radius 3 is 2.50 bits per heavy atom. The molecule has 0 radical (unpaired) electrons. The fraction of sp³-hybridized carbons (Fsp3) is 0.118. The number of aliphatic hydroxyl groups excluding tert-OH is 1. The summed E-state index contributed by atoms with van der Waals surface area (Å²) in [6.07, 6.45) is -1.07. The van der Waals surface area contributed by atoms with Crippen LogP contribution in [-0.2, 0) is 0 Å². The van der Waals surface area contributed by atoms with Crippen molar-refractivity contribution in [2.24, 2.45) is 0 Å². The summed E-state index contributed by atoms with van der Waals surface area (Å²) in [6, 6.07) is 8.96. The van der Waals surface area contributed by atoms with Crippen molar-refractivity contribution in [1.82, 2.24) is 0 Å². The van der Waals surface area contributed by atoms with Gasteiger partial charge in [0, 0.05) is 0 Å². The third kappa shape index (κ3) is 2.40. The summed E-state index contributed by atoms with van der Waals surface area (Å²) < 4.78 is 32.4. The first-order chi connectivity index (χ1) is 10.5. The molecule has 0 aliphatic heterocycles. The summed E-state index contributed by atoms with van der Waals surface area (Å²) in [5.74, 6) is -1.07. The van der Waals surface area contributed by atoms with Crippen LogP contribution in [0.1, 0.15) is 18.8 Å². The van der Waals surface area contributed by atoms with E-state index in [0.717, 1.165) is 6.07 Å². The summed E-state index contributed by atoms with van der Waals surface area (Å²) in [5, 5.41) is 9.92. The molecule has 0 amide bonds. The fourth-order valence-corrected chi connectivity index (χ4v) is 2.40. The van der Waals surface area contributed by atoms with Crippen LogP contribution in [-0.4, -0.2) is 5.11 Å². The van der Waals surface area contributed by atoms with Crippen molar-refractivity contribution < 1.29 is 18.3 Å². The molecule has 22 heavy (non-hydrogen) atoms. The molecule has 1 N–H and O–H groups in total. The van der Waals surface area contributed by atoms with Gasteiger partial charge in [0.15, 0.2) is 0 Å². The highest BCUT2D eigenvalue weighted by molar-refractivity contribution is 5.83. The Balaban J connectivity index is 2.43. The second kappa shape index (κ2) is 5.35. The predicted octanol–water partition coefficient (Wildman–Crippen LogP) is 3.79. The van der Waals surface area contributed by atoms with E-state index in [4.69, 9.17) is 4.42 Å². The molecular formula is C17H12F2O3. The van der Waals surface area contributed by atoms with Gasteiger partial charge in [-0.05, 0) is 42.8 Å². The van der Waals surface area contributed by atoms with Crippen molar-refractivity contribution in [3.63, 3.8) is 0 Å². The monoisotopic (exact) mass is 302 g/mol. The Bertz CT molecular complexity index is 913. The number of hydrogen-bond donors (Lipinski definition) is 1. The first-order valence-corrected chi connectivity index (χ1v) is 6.67. The van der Waals surface area contributed by atoms with E-state index in [1.54, 1.807) is 0 Å². The molecule has 0 fully saturated rings. The Hall–Kier alpha value is -2.53. The van der Waals surface area contributed by atoms with E-state index in [1.165, 1.54) is 43.3 Å². The molecule has 0 saturated heterocycles. The minimum Gasteiger partial charge on any atom is -0.457 e. The van der Waals surface area contributed by atoms with Crippen LogP contribution in [0.25, 0.3) is 22.1 Å². The van der Waals surface area contributed by atoms with Gasteiger partial charge in [0.25, 0.3) is 0 Å². The van der Waals surface area contributed by atoms with E-state index in [2.05, 4.69) is 0 Å². The SMILES string of the molecule is CC(O)c1oc2ccc(F)cc2c(=O)c1-c1cccc(F)c1. The van der Waals surface area contributed by atoms with Crippen LogP contribution in [0, 0.1) is 11.6 Å². The zero-order valence-electron chi connectivity index (χ0n) is 11.6. The average molecular weight is 302 g/mol. The lowest BCUT2D eigenvalue weighted by atomic mass is 10.00. The van der Waals surface area contributed by atoms with Crippen LogP contribution in [0.2, 0.25) is 0 Å². The molecule has 0 aliphatic carbocycles. The minimum atomic E-state index is -1.07. The molecule has 5 heteroatoms. The molecule has 2 aromatic carbocycles. The molecule has 0 aliphatic rings. The second-order valence-electron chi connectivity index (χ2n) is 5.00. The van der Waals surface area contributed by atoms with Gasteiger partial charge in [-0.1, -0.05) is 12.1 Å². The Kier molecular flexibility index (Phi) is 3.50. The maximum atomic E-state index is 13.4. The number of aliphatic hydroxyl groups is 1. The topological polar surface area (TPSA) is 50.4 Å². The van der Waals surface area contributed by atoms with Gasteiger partial charge in [0.05, 0.1) is 10.9 Å². The van der Waals surface area contributed by atoms with Crippen molar-refractivity contribution in [2.45, 2.75) is 13.0 Å². The largest absolute Gasteiger partial charge is 0.457 e. The summed E-state index contributed by atoms with van der Waals surface area (Å²) >= 11 is 0. The first-order valence-electron chi connectivity index (χ1n) is 6.67. The third-order valence-corrected chi connectivity index (χ3v) is 3.37. The molecule has 1 aromatic heterocycles. The molecule has 112 valence electrons. The van der Waals surface area contributed by atoms with Crippen molar-refractivity contribution in [2.75, 3.05) is 0 Å². The van der Waals surface area contributed by atoms with Gasteiger partial charge in [-0.15, -0.1) is 0 Å². The quantitative estimate of drug-likeness (QED) is 0.783. The van der Waals surface area contributed by atoms with E-state index in [9.17, 15) is 18.7 Å². The normalized spacial score (nSPS) is 12.5. The van der Waals surface area contributed by atoms with Gasteiger partial charge in [0.2, 0.25) is 5.43 Å². The molecule has 3 nitrogen and oxygen atoms in total. The molecule has 0 saturated carbocycles. The van der Waals surface area contributed by atoms with Gasteiger partial charge in [-0.2, -0.15) is 0 Å². The van der Waals surface area contributed by atoms with E-state index in [0.29, 0.717) is 0 Å². The summed E-state index contributed by atoms with van der Waals surface area (Å²) in [6.45, 7) is 1.44. The van der Waals surface area contributed by atoms with Crippen molar-refractivity contribution in [3.8, 4) is 11.1 Å². The van der Waals surface area contributed by atoms with Crippen LogP contribution in [0.5, 0.6) is 0 Å². The molecule has 1 heterocycles.